The maximum atomic E-state index is 12.1. The van der Waals surface area contributed by atoms with E-state index in [4.69, 9.17) is 5.73 Å². The Bertz CT molecular complexity index is 650. The van der Waals surface area contributed by atoms with Crippen LogP contribution in [0.5, 0.6) is 0 Å². The Morgan fingerprint density at radius 1 is 1.28 bits per heavy atom. The number of nitrogens with two attached hydrogens (primary N) is 1. The van der Waals surface area contributed by atoms with E-state index in [0.29, 0.717) is 16.7 Å². The van der Waals surface area contributed by atoms with Gasteiger partial charge in [-0.15, -0.1) is 0 Å². The van der Waals surface area contributed by atoms with Crippen molar-refractivity contribution >= 4 is 37.5 Å². The second-order valence-corrected chi connectivity index (χ2v) is 5.70. The monoisotopic (exact) mass is 370 g/mol. The summed E-state index contributed by atoms with van der Waals surface area (Å²) in [5, 5.41) is 0. The van der Waals surface area contributed by atoms with E-state index in [2.05, 4.69) is 31.9 Å². The molecule has 0 aliphatic carbocycles. The molecule has 1 aromatic heterocycles. The molecule has 0 radical (unpaired) electrons. The van der Waals surface area contributed by atoms with Crippen LogP contribution in [-0.2, 0) is 6.54 Å². The number of benzene rings is 1. The van der Waals surface area contributed by atoms with Gasteiger partial charge in [0, 0.05) is 10.7 Å². The van der Waals surface area contributed by atoms with Crippen LogP contribution in [0.15, 0.2) is 44.2 Å². The summed E-state index contributed by atoms with van der Waals surface area (Å²) in [6, 6.07) is 7.81. The molecule has 18 heavy (non-hydrogen) atoms. The van der Waals surface area contributed by atoms with Crippen LogP contribution in [0.4, 0.5) is 5.69 Å². The third-order valence-corrected chi connectivity index (χ3v) is 4.51. The van der Waals surface area contributed by atoms with Gasteiger partial charge in [-0.25, -0.2) is 0 Å². The maximum absolute atomic E-state index is 12.1. The summed E-state index contributed by atoms with van der Waals surface area (Å²) in [6.45, 7) is 2.31. The second-order valence-electron chi connectivity index (χ2n) is 4.05. The molecule has 0 bridgehead atoms. The number of nitrogens with zero attached hydrogens (tertiary/aromatic N) is 1. The Balaban J connectivity index is 2.48. The lowest BCUT2D eigenvalue weighted by atomic mass is 10.2. The van der Waals surface area contributed by atoms with Crippen LogP contribution in [0, 0.1) is 6.92 Å². The van der Waals surface area contributed by atoms with Crippen molar-refractivity contribution in [3.05, 3.63) is 60.9 Å². The molecule has 0 unspecified atom stereocenters. The Kier molecular flexibility index (Phi) is 3.92. The van der Waals surface area contributed by atoms with E-state index in [1.807, 2.05) is 31.2 Å². The Labute approximate surface area is 122 Å². The maximum Gasteiger partial charge on any atom is 0.265 e. The zero-order chi connectivity index (χ0) is 13.3. The SMILES string of the molecule is Cc1c(N)cn(Cc2ccccc2Br)c(=O)c1Br. The highest BCUT2D eigenvalue weighted by Crippen LogP contribution is 2.20. The highest BCUT2D eigenvalue weighted by atomic mass is 79.9. The highest BCUT2D eigenvalue weighted by molar-refractivity contribution is 9.10. The number of halogens is 2. The quantitative estimate of drug-likeness (QED) is 0.880. The first kappa shape index (κ1) is 13.4. The van der Waals surface area contributed by atoms with Crippen molar-refractivity contribution in [2.75, 3.05) is 5.73 Å². The number of aromatic nitrogens is 1. The predicted molar refractivity (Wildman–Crippen MR) is 80.8 cm³/mol. The summed E-state index contributed by atoms with van der Waals surface area (Å²) < 4.78 is 3.11. The van der Waals surface area contributed by atoms with Gasteiger partial charge in [0.1, 0.15) is 0 Å². The van der Waals surface area contributed by atoms with Crippen molar-refractivity contribution in [3.8, 4) is 0 Å². The molecule has 0 aliphatic rings. The molecule has 2 aromatic rings. The molecule has 2 N–H and O–H groups in total. The lowest BCUT2D eigenvalue weighted by Gasteiger charge is -2.11. The molecule has 1 heterocycles. The molecular formula is C13H12Br2N2O. The van der Waals surface area contributed by atoms with E-state index >= 15 is 0 Å². The lowest BCUT2D eigenvalue weighted by molar-refractivity contribution is 0.752. The minimum Gasteiger partial charge on any atom is -0.397 e. The van der Waals surface area contributed by atoms with Gasteiger partial charge < -0.3 is 10.3 Å². The van der Waals surface area contributed by atoms with Gasteiger partial charge in [-0.2, -0.15) is 0 Å². The van der Waals surface area contributed by atoms with Crippen molar-refractivity contribution in [3.63, 3.8) is 0 Å². The van der Waals surface area contributed by atoms with Crippen molar-refractivity contribution < 1.29 is 0 Å². The van der Waals surface area contributed by atoms with E-state index in [9.17, 15) is 4.79 Å². The molecule has 1 aromatic carbocycles. The fraction of sp³-hybridized carbons (Fsp3) is 0.154. The summed E-state index contributed by atoms with van der Waals surface area (Å²) >= 11 is 6.76. The van der Waals surface area contributed by atoms with E-state index in [0.717, 1.165) is 15.6 Å². The smallest absolute Gasteiger partial charge is 0.265 e. The van der Waals surface area contributed by atoms with Crippen molar-refractivity contribution in [1.29, 1.82) is 0 Å². The third-order valence-electron chi connectivity index (χ3n) is 2.80. The van der Waals surface area contributed by atoms with Crippen LogP contribution in [-0.4, -0.2) is 4.57 Å². The molecule has 3 nitrogen and oxygen atoms in total. The van der Waals surface area contributed by atoms with E-state index in [1.165, 1.54) is 0 Å². The van der Waals surface area contributed by atoms with Crippen LogP contribution in [0.2, 0.25) is 0 Å². The second kappa shape index (κ2) is 5.28. The average molecular weight is 372 g/mol. The Hall–Kier alpha value is -1.07. The zero-order valence-electron chi connectivity index (χ0n) is 9.78. The van der Waals surface area contributed by atoms with E-state index in [1.54, 1.807) is 10.8 Å². The first-order valence-corrected chi connectivity index (χ1v) is 6.97. The van der Waals surface area contributed by atoms with Crippen molar-refractivity contribution in [1.82, 2.24) is 4.57 Å². The Morgan fingerprint density at radius 2 is 1.94 bits per heavy atom. The third kappa shape index (κ3) is 2.52. The minimum atomic E-state index is -0.0718. The van der Waals surface area contributed by atoms with Crippen molar-refractivity contribution in [2.45, 2.75) is 13.5 Å². The van der Waals surface area contributed by atoms with Crippen LogP contribution in [0.1, 0.15) is 11.1 Å². The summed E-state index contributed by atoms with van der Waals surface area (Å²) in [5.41, 5.74) is 8.23. The largest absolute Gasteiger partial charge is 0.397 e. The number of hydrogen-bond donors (Lipinski definition) is 1. The van der Waals surface area contributed by atoms with E-state index < -0.39 is 0 Å². The molecule has 0 atom stereocenters. The minimum absolute atomic E-state index is 0.0718. The summed E-state index contributed by atoms with van der Waals surface area (Å²) in [6.07, 6.45) is 1.68. The number of pyridine rings is 1. The predicted octanol–water partition coefficient (Wildman–Crippen LogP) is 3.31. The van der Waals surface area contributed by atoms with Crippen LogP contribution in [0.25, 0.3) is 0 Å². The number of hydrogen-bond acceptors (Lipinski definition) is 2. The van der Waals surface area contributed by atoms with Gasteiger partial charge in [-0.3, -0.25) is 4.79 Å². The molecule has 0 amide bonds. The Morgan fingerprint density at radius 3 is 2.61 bits per heavy atom. The summed E-state index contributed by atoms with van der Waals surface area (Å²) in [4.78, 5) is 12.1. The molecule has 0 spiro atoms. The molecule has 0 fully saturated rings. The standard InChI is InChI=1S/C13H12Br2N2O/c1-8-11(16)7-17(13(18)12(8)15)6-9-4-2-3-5-10(9)14/h2-5,7H,6,16H2,1H3. The number of anilines is 1. The topological polar surface area (TPSA) is 48.0 Å². The highest BCUT2D eigenvalue weighted by Gasteiger charge is 2.09. The molecule has 5 heteroatoms. The van der Waals surface area contributed by atoms with Gasteiger partial charge in [-0.1, -0.05) is 34.1 Å². The lowest BCUT2D eigenvalue weighted by Crippen LogP contribution is -2.22. The van der Waals surface area contributed by atoms with Crippen LogP contribution >= 0.6 is 31.9 Å². The van der Waals surface area contributed by atoms with Gasteiger partial charge in [-0.05, 0) is 40.0 Å². The van der Waals surface area contributed by atoms with Crippen molar-refractivity contribution in [2.24, 2.45) is 0 Å². The van der Waals surface area contributed by atoms with Gasteiger partial charge in [0.15, 0.2) is 0 Å². The van der Waals surface area contributed by atoms with Crippen LogP contribution in [0.3, 0.4) is 0 Å². The molecule has 2 rings (SSSR count). The van der Waals surface area contributed by atoms with E-state index in [-0.39, 0.29) is 5.56 Å². The van der Waals surface area contributed by atoms with Gasteiger partial charge in [0.2, 0.25) is 0 Å². The summed E-state index contributed by atoms with van der Waals surface area (Å²) in [7, 11) is 0. The van der Waals surface area contributed by atoms with Gasteiger partial charge in [0.05, 0.1) is 16.7 Å². The van der Waals surface area contributed by atoms with Gasteiger partial charge in [0.25, 0.3) is 5.56 Å². The molecule has 0 aliphatic heterocycles. The summed E-state index contributed by atoms with van der Waals surface area (Å²) in [5.74, 6) is 0. The fourth-order valence-corrected chi connectivity index (χ4v) is 2.53. The normalized spacial score (nSPS) is 10.6. The number of nitrogen functional groups attached to an aromatic ring is 1. The molecule has 0 saturated carbocycles. The van der Waals surface area contributed by atoms with Crippen LogP contribution < -0.4 is 11.3 Å². The average Bonchev–Trinajstić information content (AvgIpc) is 2.36. The first-order chi connectivity index (χ1) is 8.50. The fourth-order valence-electron chi connectivity index (χ4n) is 1.66. The molecule has 0 saturated heterocycles. The zero-order valence-corrected chi connectivity index (χ0v) is 13.0. The molecule has 94 valence electrons. The van der Waals surface area contributed by atoms with Gasteiger partial charge >= 0.3 is 0 Å². The molecular weight excluding hydrogens is 360 g/mol. The first-order valence-electron chi connectivity index (χ1n) is 5.39. The number of rotatable bonds is 2.